The van der Waals surface area contributed by atoms with Gasteiger partial charge in [-0.05, 0) is 141 Å². The molecule has 2 fully saturated rings. The van der Waals surface area contributed by atoms with Gasteiger partial charge in [0.2, 0.25) is 0 Å². The Bertz CT molecular complexity index is 1980. The third-order valence-corrected chi connectivity index (χ3v) is 18.4. The van der Waals surface area contributed by atoms with Gasteiger partial charge in [0.1, 0.15) is 0 Å². The van der Waals surface area contributed by atoms with Crippen molar-refractivity contribution in [2.24, 2.45) is 22.2 Å². The Morgan fingerprint density at radius 3 is 1.82 bits per heavy atom. The maximum atomic E-state index is 2.67. The van der Waals surface area contributed by atoms with E-state index in [4.69, 9.17) is 0 Å². The zero-order valence-corrected chi connectivity index (χ0v) is 34.4. The Morgan fingerprint density at radius 2 is 1.34 bits per heavy atom. The van der Waals surface area contributed by atoms with Gasteiger partial charge in [-0.2, -0.15) is 0 Å². The van der Waals surface area contributed by atoms with Crippen molar-refractivity contribution >= 4 is 48.8 Å². The van der Waals surface area contributed by atoms with E-state index < -0.39 is 15.8 Å². The van der Waals surface area contributed by atoms with Crippen molar-refractivity contribution in [1.82, 2.24) is 0 Å². The minimum Gasteiger partial charge on any atom is -0.134 e. The van der Waals surface area contributed by atoms with Crippen molar-refractivity contribution in [1.29, 1.82) is 0 Å². The molecule has 1 spiro atoms. The summed E-state index contributed by atoms with van der Waals surface area (Å²) in [5.41, 5.74) is 9.55. The molecule has 0 radical (unpaired) electrons. The Labute approximate surface area is 309 Å². The minimum atomic E-state index is -0.768. The molecule has 0 aromatic heterocycles. The van der Waals surface area contributed by atoms with Crippen LogP contribution < -0.4 is 21.2 Å². The number of rotatable bonds is 10. The van der Waals surface area contributed by atoms with Gasteiger partial charge in [0.25, 0.3) is 0 Å². The molecule has 3 heteroatoms. The second kappa shape index (κ2) is 13.4. The monoisotopic (exact) mass is 712 g/mol. The molecule has 0 saturated heterocycles. The van der Waals surface area contributed by atoms with Crippen LogP contribution in [0.25, 0.3) is 0 Å². The molecule has 7 rings (SSSR count). The normalized spacial score (nSPS) is 26.7. The fraction of sp³-hybridized carbons (Fsp3) is 0.362. The van der Waals surface area contributed by atoms with Crippen LogP contribution in [0.5, 0.6) is 0 Å². The van der Waals surface area contributed by atoms with Gasteiger partial charge >= 0.3 is 0 Å². The zero-order chi connectivity index (χ0) is 35.6. The third-order valence-electron chi connectivity index (χ3n) is 12.4. The first kappa shape index (κ1) is 35.7. The number of allylic oxidation sites excluding steroid dienone is 6. The van der Waals surface area contributed by atoms with Gasteiger partial charge in [-0.1, -0.05) is 148 Å². The highest BCUT2D eigenvalue weighted by molar-refractivity contribution is 8.02. The SMILES string of the molecule is CC=C(/C(C1=C(P(c2cc(C)cc(C)c2)c2cc(C)cc(CC)c2)C23C(C)CC2(C)CC13C)=C(/C)SC)P(c1ccccc1)c1ccccc1. The van der Waals surface area contributed by atoms with Gasteiger partial charge in [-0.3, -0.25) is 0 Å². The van der Waals surface area contributed by atoms with E-state index in [2.05, 4.69) is 172 Å². The van der Waals surface area contributed by atoms with Crippen molar-refractivity contribution < 1.29 is 0 Å². The average Bonchev–Trinajstić information content (AvgIpc) is 3.08. The van der Waals surface area contributed by atoms with Crippen LogP contribution in [0.15, 0.2) is 130 Å². The van der Waals surface area contributed by atoms with Crippen molar-refractivity contribution in [3.8, 4) is 0 Å². The molecule has 5 atom stereocenters. The molecular weight excluding hydrogens is 659 g/mol. The molecular formula is C47H54P2S. The Hall–Kier alpha value is -2.69. The lowest BCUT2D eigenvalue weighted by Crippen LogP contribution is -2.80. The number of hydrogen-bond acceptors (Lipinski definition) is 1. The van der Waals surface area contributed by atoms with Crippen LogP contribution in [0.2, 0.25) is 0 Å². The summed E-state index contributed by atoms with van der Waals surface area (Å²) in [4.78, 5) is 1.45. The highest BCUT2D eigenvalue weighted by Gasteiger charge is 2.85. The highest BCUT2D eigenvalue weighted by atomic mass is 32.2. The van der Waals surface area contributed by atoms with Crippen LogP contribution in [0.1, 0.15) is 76.6 Å². The third kappa shape index (κ3) is 5.24. The summed E-state index contributed by atoms with van der Waals surface area (Å²) in [6.07, 6.45) is 8.46. The molecule has 4 aromatic rings. The molecule has 4 aromatic carbocycles. The first-order valence-corrected chi connectivity index (χ1v) is 22.4. The second-order valence-corrected chi connectivity index (χ2v) is 21.1. The molecule has 0 heterocycles. The van der Waals surface area contributed by atoms with E-state index in [1.807, 2.05) is 11.8 Å². The number of aryl methyl sites for hydroxylation is 4. The van der Waals surface area contributed by atoms with E-state index in [1.165, 1.54) is 66.5 Å². The molecule has 0 N–H and O–H groups in total. The lowest BCUT2D eigenvalue weighted by atomic mass is 9.19. The summed E-state index contributed by atoms with van der Waals surface area (Å²) in [5.74, 6) is 0.672. The maximum Gasteiger partial charge on any atom is 0.0141 e. The number of benzene rings is 4. The first-order valence-electron chi connectivity index (χ1n) is 18.5. The molecule has 2 saturated carbocycles. The van der Waals surface area contributed by atoms with Crippen molar-refractivity contribution in [2.75, 3.05) is 6.26 Å². The maximum absolute atomic E-state index is 2.67. The Morgan fingerprint density at radius 1 is 0.800 bits per heavy atom. The summed E-state index contributed by atoms with van der Waals surface area (Å²) in [7, 11) is -1.54. The molecule has 3 aliphatic carbocycles. The number of thioether (sulfide) groups is 1. The largest absolute Gasteiger partial charge is 0.134 e. The zero-order valence-electron chi connectivity index (χ0n) is 31.8. The van der Waals surface area contributed by atoms with Crippen molar-refractivity contribution in [3.05, 3.63) is 152 Å². The number of hydrogen-bond donors (Lipinski definition) is 0. The van der Waals surface area contributed by atoms with E-state index in [-0.39, 0.29) is 10.8 Å². The van der Waals surface area contributed by atoms with E-state index in [0.29, 0.717) is 11.3 Å². The molecule has 0 amide bonds. The fourth-order valence-corrected chi connectivity index (χ4v) is 17.9. The molecule has 5 unspecified atom stereocenters. The van der Waals surface area contributed by atoms with E-state index in [1.54, 1.807) is 16.5 Å². The Kier molecular flexibility index (Phi) is 9.55. The van der Waals surface area contributed by atoms with E-state index >= 15 is 0 Å². The second-order valence-electron chi connectivity index (χ2n) is 15.7. The molecule has 0 bridgehead atoms. The van der Waals surface area contributed by atoms with Gasteiger partial charge in [-0.25, -0.2) is 0 Å². The summed E-state index contributed by atoms with van der Waals surface area (Å²) in [6.45, 7) is 21.8. The van der Waals surface area contributed by atoms with Crippen LogP contribution >= 0.6 is 27.6 Å². The lowest BCUT2D eigenvalue weighted by Gasteiger charge is -2.87. The molecule has 0 aliphatic heterocycles. The van der Waals surface area contributed by atoms with Gasteiger partial charge in [0, 0.05) is 10.8 Å². The highest BCUT2D eigenvalue weighted by Crippen LogP contribution is 2.95. The standard InChI is InChI=1S/C47H54P2S/c1-11-36-24-33(5)27-40(28-36)49(39-25-31(3)23-32(4)26-39)44-43(46(9)30-45(8)29-34(6)47(44,45)46)42(35(7)50-10)41(12-2)48(37-19-15-13-16-20-37)38-21-17-14-18-22-38/h12-28,34H,11,29-30H2,1-10H3/b41-12?,42-35+. The Balaban J connectivity index is 1.58. The predicted molar refractivity (Wildman–Crippen MR) is 226 cm³/mol. The summed E-state index contributed by atoms with van der Waals surface area (Å²) < 4.78 is 0. The summed E-state index contributed by atoms with van der Waals surface area (Å²) in [6, 6.07) is 37.6. The first-order chi connectivity index (χ1) is 23.9. The predicted octanol–water partition coefficient (Wildman–Crippen LogP) is 12.0. The summed E-state index contributed by atoms with van der Waals surface area (Å²) >= 11 is 1.95. The van der Waals surface area contributed by atoms with Gasteiger partial charge in [-0.15, -0.1) is 11.8 Å². The van der Waals surface area contributed by atoms with Crippen LogP contribution in [-0.2, 0) is 6.42 Å². The fourth-order valence-electron chi connectivity index (χ4n) is 11.0. The van der Waals surface area contributed by atoms with Crippen molar-refractivity contribution in [3.63, 3.8) is 0 Å². The van der Waals surface area contributed by atoms with E-state index in [0.717, 1.165) is 6.42 Å². The van der Waals surface area contributed by atoms with Crippen molar-refractivity contribution in [2.45, 2.75) is 81.6 Å². The van der Waals surface area contributed by atoms with Gasteiger partial charge in [0.15, 0.2) is 0 Å². The summed E-state index contributed by atoms with van der Waals surface area (Å²) in [5, 5.41) is 9.22. The molecule has 0 nitrogen and oxygen atoms in total. The molecule has 3 aliphatic rings. The van der Waals surface area contributed by atoms with Crippen LogP contribution in [0, 0.1) is 42.9 Å². The van der Waals surface area contributed by atoms with E-state index in [9.17, 15) is 0 Å². The average molecular weight is 713 g/mol. The topological polar surface area (TPSA) is 0 Å². The van der Waals surface area contributed by atoms with Gasteiger partial charge < -0.3 is 0 Å². The minimum absolute atomic E-state index is 0.153. The molecule has 258 valence electrons. The van der Waals surface area contributed by atoms with Gasteiger partial charge in [0.05, 0.1) is 0 Å². The van der Waals surface area contributed by atoms with Crippen LogP contribution in [0.4, 0.5) is 0 Å². The quantitative estimate of drug-likeness (QED) is 0.117. The smallest absolute Gasteiger partial charge is 0.0141 e. The van der Waals surface area contributed by atoms with Crippen LogP contribution in [-0.4, -0.2) is 6.26 Å². The lowest BCUT2D eigenvalue weighted by molar-refractivity contribution is -0.291. The molecule has 50 heavy (non-hydrogen) atoms. The van der Waals surface area contributed by atoms with Crippen LogP contribution in [0.3, 0.4) is 0 Å².